The third-order valence-corrected chi connectivity index (χ3v) is 11.6. The largest absolute Gasteiger partial charge is 0.309 e. The molecule has 0 amide bonds. The van der Waals surface area contributed by atoms with Crippen molar-refractivity contribution in [2.24, 2.45) is 0 Å². The van der Waals surface area contributed by atoms with Gasteiger partial charge in [0.1, 0.15) is 0 Å². The first-order valence-corrected chi connectivity index (χ1v) is 21.3. The molecule has 1 aliphatic carbocycles. The van der Waals surface area contributed by atoms with Crippen LogP contribution in [0.3, 0.4) is 0 Å². The van der Waals surface area contributed by atoms with Crippen LogP contribution in [0, 0.1) is 11.8 Å². The summed E-state index contributed by atoms with van der Waals surface area (Å²) in [4.78, 5) is 4.81. The minimum atomic E-state index is 0.133. The Morgan fingerprint density at radius 1 is 0.323 bits per heavy atom. The number of hydrogen-bond acceptors (Lipinski definition) is 2. The maximum atomic E-state index is 3.68. The van der Waals surface area contributed by atoms with Crippen LogP contribution in [0.25, 0.3) is 44.5 Å². The molecule has 1 aliphatic rings. The summed E-state index contributed by atoms with van der Waals surface area (Å²) in [6.07, 6.45) is 3.15. The SMILES string of the molecule is C1#CC(c2ccccc2)CC=C1N(c1ccccc1-c1ccccc1)c1ccccc1-c1ccccc1N(c1ccc(-c2ccccc2)cc1)c1ccccc1-c1ccccc1. The summed E-state index contributed by atoms with van der Waals surface area (Å²) in [5.74, 6) is 7.48. The molecular weight excluding hydrogens is 749 g/mol. The highest BCUT2D eigenvalue weighted by atomic mass is 15.2. The Morgan fingerprint density at radius 3 is 1.18 bits per heavy atom. The molecule has 0 fully saturated rings. The Morgan fingerprint density at radius 2 is 0.694 bits per heavy atom. The Hall–Kier alpha value is -8.12. The quantitative estimate of drug-likeness (QED) is 0.120. The van der Waals surface area contributed by atoms with Gasteiger partial charge < -0.3 is 9.80 Å². The number of rotatable bonds is 11. The highest BCUT2D eigenvalue weighted by Gasteiger charge is 2.26. The van der Waals surface area contributed by atoms with Gasteiger partial charge in [-0.15, -0.1) is 0 Å². The van der Waals surface area contributed by atoms with Gasteiger partial charge in [0.05, 0.1) is 28.4 Å². The van der Waals surface area contributed by atoms with E-state index < -0.39 is 0 Å². The highest BCUT2D eigenvalue weighted by molar-refractivity contribution is 5.98. The van der Waals surface area contributed by atoms with E-state index in [0.29, 0.717) is 0 Å². The molecule has 0 saturated carbocycles. The average Bonchev–Trinajstić information content (AvgIpc) is 3.36. The fourth-order valence-corrected chi connectivity index (χ4v) is 8.64. The first-order valence-electron chi connectivity index (χ1n) is 21.3. The number of allylic oxidation sites excluding steroid dienone is 2. The smallest absolute Gasteiger partial charge is 0.0930 e. The first kappa shape index (κ1) is 38.1. The lowest BCUT2D eigenvalue weighted by Crippen LogP contribution is -2.19. The summed E-state index contributed by atoms with van der Waals surface area (Å²) >= 11 is 0. The third-order valence-electron chi connectivity index (χ3n) is 11.6. The Balaban J connectivity index is 1.17. The number of nitrogens with zero attached hydrogens (tertiary/aromatic N) is 2. The Labute approximate surface area is 365 Å². The van der Waals surface area contributed by atoms with Crippen molar-refractivity contribution in [3.8, 4) is 56.3 Å². The zero-order valence-electron chi connectivity index (χ0n) is 34.4. The van der Waals surface area contributed by atoms with Crippen LogP contribution in [0.2, 0.25) is 0 Å². The maximum Gasteiger partial charge on any atom is 0.0930 e. The van der Waals surface area contributed by atoms with Crippen molar-refractivity contribution in [1.29, 1.82) is 0 Å². The predicted octanol–water partition coefficient (Wildman–Crippen LogP) is 16.0. The van der Waals surface area contributed by atoms with E-state index in [2.05, 4.69) is 270 Å². The normalized spacial score (nSPS) is 13.0. The molecule has 0 aromatic heterocycles. The standard InChI is InChI=1S/C60H44N2/c1-5-21-45(22-6-1)47-37-41-51(42-38-47)61(57-33-17-13-29-53(57)49-25-9-3-10-26-49)59-35-19-15-31-55(59)56-32-16-20-36-60(56)62(52-43-39-48(40-44-52)46-23-7-2-8-24-46)58-34-18-14-30-54(58)50-27-11-4-12-28-50/h1-38,41-43,48H,39H2. The molecule has 10 rings (SSSR count). The van der Waals surface area contributed by atoms with Crippen LogP contribution in [-0.4, -0.2) is 0 Å². The molecule has 0 bridgehead atoms. The second-order valence-electron chi connectivity index (χ2n) is 15.4. The number of anilines is 5. The molecule has 1 unspecified atom stereocenters. The summed E-state index contributed by atoms with van der Waals surface area (Å²) in [5, 5.41) is 0. The van der Waals surface area contributed by atoms with Gasteiger partial charge in [-0.3, -0.25) is 0 Å². The van der Waals surface area contributed by atoms with Gasteiger partial charge in [-0.2, -0.15) is 0 Å². The molecule has 0 heterocycles. The summed E-state index contributed by atoms with van der Waals surface area (Å²) in [7, 11) is 0. The van der Waals surface area contributed by atoms with Crippen molar-refractivity contribution in [3.05, 3.63) is 260 Å². The van der Waals surface area contributed by atoms with Crippen molar-refractivity contribution in [2.75, 3.05) is 9.80 Å². The van der Waals surface area contributed by atoms with Gasteiger partial charge >= 0.3 is 0 Å². The minimum absolute atomic E-state index is 0.133. The third kappa shape index (κ3) is 7.72. The molecule has 2 heteroatoms. The molecule has 0 spiro atoms. The van der Waals surface area contributed by atoms with Crippen LogP contribution in [0.15, 0.2) is 254 Å². The van der Waals surface area contributed by atoms with E-state index in [1.165, 1.54) is 16.7 Å². The van der Waals surface area contributed by atoms with E-state index in [4.69, 9.17) is 0 Å². The van der Waals surface area contributed by atoms with Gasteiger partial charge in [-0.1, -0.05) is 218 Å². The van der Waals surface area contributed by atoms with Gasteiger partial charge in [0.2, 0.25) is 0 Å². The van der Waals surface area contributed by atoms with Crippen LogP contribution < -0.4 is 9.80 Å². The Bertz CT molecular complexity index is 3030. The molecule has 1 atom stereocenters. The molecule has 9 aromatic carbocycles. The monoisotopic (exact) mass is 792 g/mol. The number of para-hydroxylation sites is 4. The second kappa shape index (κ2) is 17.6. The van der Waals surface area contributed by atoms with E-state index in [1.807, 2.05) is 0 Å². The van der Waals surface area contributed by atoms with E-state index in [0.717, 1.165) is 73.9 Å². The van der Waals surface area contributed by atoms with Crippen LogP contribution in [0.4, 0.5) is 28.4 Å². The summed E-state index contributed by atoms with van der Waals surface area (Å²) in [6.45, 7) is 0. The maximum absolute atomic E-state index is 3.68. The van der Waals surface area contributed by atoms with Gasteiger partial charge in [-0.25, -0.2) is 0 Å². The minimum Gasteiger partial charge on any atom is -0.309 e. The van der Waals surface area contributed by atoms with Crippen LogP contribution in [-0.2, 0) is 0 Å². The lowest BCUT2D eigenvalue weighted by atomic mass is 9.92. The predicted molar refractivity (Wildman–Crippen MR) is 261 cm³/mol. The topological polar surface area (TPSA) is 6.48 Å². The van der Waals surface area contributed by atoms with E-state index in [1.54, 1.807) is 0 Å². The second-order valence-corrected chi connectivity index (χ2v) is 15.4. The van der Waals surface area contributed by atoms with Crippen molar-refractivity contribution >= 4 is 28.4 Å². The average molecular weight is 793 g/mol. The van der Waals surface area contributed by atoms with Crippen molar-refractivity contribution in [2.45, 2.75) is 12.3 Å². The Kier molecular flexibility index (Phi) is 10.8. The van der Waals surface area contributed by atoms with E-state index in [-0.39, 0.29) is 5.92 Å². The lowest BCUT2D eigenvalue weighted by molar-refractivity contribution is 0.875. The molecule has 0 aliphatic heterocycles. The fraction of sp³-hybridized carbons (Fsp3) is 0.0333. The molecule has 9 aromatic rings. The van der Waals surface area contributed by atoms with Crippen molar-refractivity contribution in [3.63, 3.8) is 0 Å². The molecule has 294 valence electrons. The number of benzene rings is 9. The van der Waals surface area contributed by atoms with Crippen LogP contribution in [0.1, 0.15) is 17.9 Å². The van der Waals surface area contributed by atoms with Gasteiger partial charge in [0, 0.05) is 33.9 Å². The first-order chi connectivity index (χ1) is 30.8. The van der Waals surface area contributed by atoms with Crippen LogP contribution >= 0.6 is 0 Å². The van der Waals surface area contributed by atoms with Crippen molar-refractivity contribution < 1.29 is 0 Å². The fourth-order valence-electron chi connectivity index (χ4n) is 8.64. The molecule has 0 radical (unpaired) electrons. The molecule has 62 heavy (non-hydrogen) atoms. The molecule has 0 N–H and O–H groups in total. The van der Waals surface area contributed by atoms with Gasteiger partial charge in [0.25, 0.3) is 0 Å². The zero-order valence-corrected chi connectivity index (χ0v) is 34.4. The zero-order chi connectivity index (χ0) is 41.5. The van der Waals surface area contributed by atoms with E-state index >= 15 is 0 Å². The lowest BCUT2D eigenvalue weighted by Gasteiger charge is -2.33. The molecular formula is C60H44N2. The van der Waals surface area contributed by atoms with Crippen LogP contribution in [0.5, 0.6) is 0 Å². The van der Waals surface area contributed by atoms with Gasteiger partial charge in [-0.05, 0) is 76.6 Å². The summed E-state index contributed by atoms with van der Waals surface area (Å²) in [6, 6.07) is 86.7. The summed E-state index contributed by atoms with van der Waals surface area (Å²) < 4.78 is 0. The highest BCUT2D eigenvalue weighted by Crippen LogP contribution is 2.49. The number of hydrogen-bond donors (Lipinski definition) is 0. The van der Waals surface area contributed by atoms with Crippen molar-refractivity contribution in [1.82, 2.24) is 0 Å². The summed E-state index contributed by atoms with van der Waals surface area (Å²) in [5.41, 5.74) is 16.7. The van der Waals surface area contributed by atoms with E-state index in [9.17, 15) is 0 Å². The molecule has 0 saturated heterocycles. The molecule has 2 nitrogen and oxygen atoms in total. The van der Waals surface area contributed by atoms with Gasteiger partial charge in [0.15, 0.2) is 0 Å².